The molecule has 0 amide bonds. The number of nitrogens with one attached hydrogen (secondary N) is 1. The number of aromatic nitrogens is 4. The van der Waals surface area contributed by atoms with Crippen LogP contribution < -0.4 is 15.0 Å². The van der Waals surface area contributed by atoms with Crippen molar-refractivity contribution in [2.75, 3.05) is 43.5 Å². The number of benzene rings is 1. The quantitative estimate of drug-likeness (QED) is 0.386. The second-order valence-corrected chi connectivity index (χ2v) is 9.48. The summed E-state index contributed by atoms with van der Waals surface area (Å²) < 4.78 is 21.5. The van der Waals surface area contributed by atoms with Crippen LogP contribution in [0.4, 0.5) is 16.0 Å². The minimum Gasteiger partial charge on any atom is -0.496 e. The second-order valence-electron chi connectivity index (χ2n) is 9.08. The molecule has 0 spiro atoms. The fourth-order valence-corrected chi connectivity index (χ4v) is 4.91. The van der Waals surface area contributed by atoms with Crippen LogP contribution in [0.15, 0.2) is 48.9 Å². The van der Waals surface area contributed by atoms with Crippen LogP contribution in [0, 0.1) is 5.82 Å². The Morgan fingerprint density at radius 2 is 1.94 bits per heavy atom. The second kappa shape index (κ2) is 10.3. The van der Waals surface area contributed by atoms with Crippen LogP contribution >= 0.6 is 11.6 Å². The highest BCUT2D eigenvalue weighted by Gasteiger charge is 2.22. The number of hydrogen-bond donors (Lipinski definition) is 1. The first-order valence-electron chi connectivity index (χ1n) is 12.0. The molecule has 1 aliphatic heterocycles. The number of pyridine rings is 2. The third kappa shape index (κ3) is 4.68. The number of halogens is 2. The Morgan fingerprint density at radius 3 is 2.67 bits per heavy atom. The van der Waals surface area contributed by atoms with Crippen molar-refractivity contribution in [3.63, 3.8) is 0 Å². The minimum atomic E-state index is -0.329. The number of anilines is 2. The number of hydrogen-bond acceptors (Lipinski definition) is 7. The Labute approximate surface area is 214 Å². The van der Waals surface area contributed by atoms with Crippen LogP contribution in [0.1, 0.15) is 19.4 Å². The number of rotatable bonds is 7. The molecule has 0 aliphatic carbocycles. The molecule has 0 bridgehead atoms. The summed E-state index contributed by atoms with van der Waals surface area (Å²) in [7, 11) is 1.53. The van der Waals surface area contributed by atoms with Crippen molar-refractivity contribution in [3.8, 4) is 16.9 Å². The molecule has 10 heteroatoms. The van der Waals surface area contributed by atoms with Crippen molar-refractivity contribution in [1.29, 1.82) is 0 Å². The van der Waals surface area contributed by atoms with E-state index >= 15 is 0 Å². The maximum absolute atomic E-state index is 14.4. The smallest absolute Gasteiger partial charge is 0.170 e. The summed E-state index contributed by atoms with van der Waals surface area (Å²) in [5.74, 6) is 1.69. The van der Waals surface area contributed by atoms with Crippen LogP contribution in [0.3, 0.4) is 0 Å². The Kier molecular flexibility index (Phi) is 6.93. The topological polar surface area (TPSA) is 70.8 Å². The zero-order valence-corrected chi connectivity index (χ0v) is 21.3. The number of fused-ring (bicyclic) bond motifs is 1. The van der Waals surface area contributed by atoms with E-state index in [9.17, 15) is 4.39 Å². The van der Waals surface area contributed by atoms with Crippen molar-refractivity contribution >= 4 is 28.9 Å². The molecule has 8 nitrogen and oxygen atoms in total. The van der Waals surface area contributed by atoms with Gasteiger partial charge in [0.05, 0.1) is 12.1 Å². The number of piperazine rings is 1. The van der Waals surface area contributed by atoms with Gasteiger partial charge in [0.25, 0.3) is 0 Å². The molecule has 0 atom stereocenters. The van der Waals surface area contributed by atoms with Crippen molar-refractivity contribution in [3.05, 3.63) is 65.3 Å². The van der Waals surface area contributed by atoms with Gasteiger partial charge in [-0.05, 0) is 44.2 Å². The van der Waals surface area contributed by atoms with Gasteiger partial charge in [0.1, 0.15) is 29.5 Å². The lowest BCUT2D eigenvalue weighted by molar-refractivity contribution is 0.209. The minimum absolute atomic E-state index is 0.245. The predicted molar refractivity (Wildman–Crippen MR) is 140 cm³/mol. The number of ether oxygens (including phenoxy) is 1. The Hall–Kier alpha value is -3.43. The summed E-state index contributed by atoms with van der Waals surface area (Å²) in [6, 6.07) is 11.1. The SMILES string of the molecule is COc1cccc(F)c1CNc1ccc(-c2cnc(N3CCN(C(C)C)CC3)c(Cl)c2)c2nncn12. The maximum Gasteiger partial charge on any atom is 0.170 e. The molecule has 3 aromatic heterocycles. The molecular weight excluding hydrogens is 481 g/mol. The van der Waals surface area contributed by atoms with Crippen LogP contribution in [0.25, 0.3) is 16.8 Å². The number of methoxy groups -OCH3 is 1. The Bertz CT molecular complexity index is 1370. The first kappa shape index (κ1) is 24.3. The predicted octanol–water partition coefficient (Wildman–Crippen LogP) is 4.73. The van der Waals surface area contributed by atoms with Gasteiger partial charge in [-0.15, -0.1) is 10.2 Å². The van der Waals surface area contributed by atoms with E-state index in [2.05, 4.69) is 39.2 Å². The van der Waals surface area contributed by atoms with Gasteiger partial charge in [0.2, 0.25) is 0 Å². The van der Waals surface area contributed by atoms with E-state index in [1.807, 2.05) is 28.8 Å². The van der Waals surface area contributed by atoms with Crippen LogP contribution in [0.2, 0.25) is 5.02 Å². The summed E-state index contributed by atoms with van der Waals surface area (Å²) >= 11 is 6.71. The van der Waals surface area contributed by atoms with Gasteiger partial charge in [-0.2, -0.15) is 0 Å². The van der Waals surface area contributed by atoms with Crippen molar-refractivity contribution in [1.82, 2.24) is 24.5 Å². The molecule has 1 fully saturated rings. The number of nitrogens with zero attached hydrogens (tertiary/aromatic N) is 6. The molecule has 0 unspecified atom stereocenters. The Morgan fingerprint density at radius 1 is 1.14 bits per heavy atom. The summed E-state index contributed by atoms with van der Waals surface area (Å²) in [5, 5.41) is 12.3. The summed E-state index contributed by atoms with van der Waals surface area (Å²) in [5.41, 5.74) is 2.81. The lowest BCUT2D eigenvalue weighted by Gasteiger charge is -2.37. The molecule has 0 saturated carbocycles. The third-order valence-corrected chi connectivity index (χ3v) is 6.95. The van der Waals surface area contributed by atoms with E-state index < -0.39 is 0 Å². The van der Waals surface area contributed by atoms with Gasteiger partial charge < -0.3 is 15.0 Å². The van der Waals surface area contributed by atoms with Gasteiger partial charge in [0.15, 0.2) is 5.65 Å². The highest BCUT2D eigenvalue weighted by molar-refractivity contribution is 6.33. The summed E-state index contributed by atoms with van der Waals surface area (Å²) in [6.07, 6.45) is 3.45. The Balaban J connectivity index is 1.38. The van der Waals surface area contributed by atoms with E-state index in [0.29, 0.717) is 28.0 Å². The molecule has 5 rings (SSSR count). The normalized spacial score (nSPS) is 14.6. The van der Waals surface area contributed by atoms with Crippen molar-refractivity contribution in [2.45, 2.75) is 26.4 Å². The highest BCUT2D eigenvalue weighted by atomic mass is 35.5. The van der Waals surface area contributed by atoms with E-state index in [-0.39, 0.29) is 12.4 Å². The largest absolute Gasteiger partial charge is 0.496 e. The van der Waals surface area contributed by atoms with Gasteiger partial charge in [-0.3, -0.25) is 9.30 Å². The van der Waals surface area contributed by atoms with E-state index in [0.717, 1.165) is 48.9 Å². The van der Waals surface area contributed by atoms with Gasteiger partial charge in [-0.25, -0.2) is 9.37 Å². The molecule has 1 saturated heterocycles. The van der Waals surface area contributed by atoms with Gasteiger partial charge in [-0.1, -0.05) is 17.7 Å². The monoisotopic (exact) mass is 509 g/mol. The molecule has 4 heterocycles. The van der Waals surface area contributed by atoms with Crippen LogP contribution in [-0.4, -0.2) is 63.8 Å². The van der Waals surface area contributed by atoms with E-state index in [1.165, 1.54) is 13.2 Å². The average Bonchev–Trinajstić information content (AvgIpc) is 3.38. The molecule has 1 aromatic carbocycles. The zero-order chi connectivity index (χ0) is 25.2. The van der Waals surface area contributed by atoms with E-state index in [4.69, 9.17) is 21.3 Å². The molecule has 4 aromatic rings. The third-order valence-electron chi connectivity index (χ3n) is 6.67. The molecule has 1 N–H and O–H groups in total. The lowest BCUT2D eigenvalue weighted by atomic mass is 10.1. The maximum atomic E-state index is 14.4. The molecule has 36 heavy (non-hydrogen) atoms. The van der Waals surface area contributed by atoms with Crippen molar-refractivity contribution in [2.24, 2.45) is 0 Å². The molecule has 1 aliphatic rings. The van der Waals surface area contributed by atoms with E-state index in [1.54, 1.807) is 18.5 Å². The first-order chi connectivity index (χ1) is 17.5. The van der Waals surface area contributed by atoms with Gasteiger partial charge >= 0.3 is 0 Å². The molecule has 0 radical (unpaired) electrons. The fourth-order valence-electron chi connectivity index (χ4n) is 4.62. The standard InChI is InChI=1S/C26H29ClFN7O/c1-17(2)33-9-11-34(12-10-33)26-21(27)13-18(14-30-26)19-7-8-24(35-16-31-32-25(19)35)29-15-20-22(28)5-4-6-23(20)36-3/h4-8,13-14,16-17,29H,9-12,15H2,1-3H3. The van der Waals surface area contributed by atoms with Crippen LogP contribution in [0.5, 0.6) is 5.75 Å². The van der Waals surface area contributed by atoms with Gasteiger partial charge in [0, 0.05) is 61.7 Å². The average molecular weight is 510 g/mol. The highest BCUT2D eigenvalue weighted by Crippen LogP contribution is 2.32. The van der Waals surface area contributed by atoms with Crippen LogP contribution in [-0.2, 0) is 6.54 Å². The summed E-state index contributed by atoms with van der Waals surface area (Å²) in [6.45, 7) is 8.46. The zero-order valence-electron chi connectivity index (χ0n) is 20.6. The summed E-state index contributed by atoms with van der Waals surface area (Å²) in [4.78, 5) is 9.41. The molecule has 188 valence electrons. The fraction of sp³-hybridized carbons (Fsp3) is 0.346. The molecular formula is C26H29ClFN7O. The van der Waals surface area contributed by atoms with Crippen molar-refractivity contribution < 1.29 is 9.13 Å². The first-order valence-corrected chi connectivity index (χ1v) is 12.4. The lowest BCUT2D eigenvalue weighted by Crippen LogP contribution is -2.49.